The normalized spacial score (nSPS) is 10.5. The number of rotatable bonds is 5. The van der Waals surface area contributed by atoms with Crippen molar-refractivity contribution in [1.29, 1.82) is 0 Å². The third-order valence-corrected chi connectivity index (χ3v) is 3.56. The standard InChI is InChI=1S/C20H24N2O2/c1-13(2)12-21-19(23)16-5-7-17(8-6-16)20(24)22-18-10-14(3)9-15(4)11-18/h5-11,13H,12H2,1-4H3,(H,21,23)(H,22,24). The van der Waals surface area contributed by atoms with E-state index in [1.807, 2.05) is 39.8 Å². The van der Waals surface area contributed by atoms with Crippen molar-refractivity contribution in [2.45, 2.75) is 27.7 Å². The van der Waals surface area contributed by atoms with Crippen LogP contribution < -0.4 is 10.6 Å². The van der Waals surface area contributed by atoms with Crippen molar-refractivity contribution in [3.05, 3.63) is 64.7 Å². The summed E-state index contributed by atoms with van der Waals surface area (Å²) < 4.78 is 0. The number of nitrogens with one attached hydrogen (secondary N) is 2. The lowest BCUT2D eigenvalue weighted by atomic mass is 10.1. The molecule has 2 amide bonds. The van der Waals surface area contributed by atoms with E-state index in [1.54, 1.807) is 24.3 Å². The number of hydrogen-bond acceptors (Lipinski definition) is 2. The minimum absolute atomic E-state index is 0.120. The van der Waals surface area contributed by atoms with Crippen molar-refractivity contribution >= 4 is 17.5 Å². The predicted molar refractivity (Wildman–Crippen MR) is 97.5 cm³/mol. The monoisotopic (exact) mass is 324 g/mol. The van der Waals surface area contributed by atoms with Crippen molar-refractivity contribution in [3.8, 4) is 0 Å². The van der Waals surface area contributed by atoms with Crippen molar-refractivity contribution in [1.82, 2.24) is 5.32 Å². The van der Waals surface area contributed by atoms with Gasteiger partial charge in [-0.1, -0.05) is 19.9 Å². The van der Waals surface area contributed by atoms with E-state index in [0.29, 0.717) is 23.6 Å². The van der Waals surface area contributed by atoms with Crippen LogP contribution in [0.1, 0.15) is 45.7 Å². The van der Waals surface area contributed by atoms with E-state index in [-0.39, 0.29) is 11.8 Å². The van der Waals surface area contributed by atoms with Crippen LogP contribution in [-0.4, -0.2) is 18.4 Å². The van der Waals surface area contributed by atoms with Crippen LogP contribution in [0.5, 0.6) is 0 Å². The van der Waals surface area contributed by atoms with Gasteiger partial charge in [0.25, 0.3) is 11.8 Å². The summed E-state index contributed by atoms with van der Waals surface area (Å²) in [5.74, 6) is 0.0934. The maximum atomic E-state index is 12.3. The maximum Gasteiger partial charge on any atom is 0.255 e. The molecule has 0 radical (unpaired) electrons. The molecule has 0 aliphatic heterocycles. The quantitative estimate of drug-likeness (QED) is 0.875. The first-order chi connectivity index (χ1) is 11.3. The molecule has 4 heteroatoms. The van der Waals surface area contributed by atoms with Crippen molar-refractivity contribution in [2.24, 2.45) is 5.92 Å². The number of hydrogen-bond donors (Lipinski definition) is 2. The van der Waals surface area contributed by atoms with Gasteiger partial charge in [0.15, 0.2) is 0 Å². The Labute approximate surface area is 143 Å². The first-order valence-electron chi connectivity index (χ1n) is 8.13. The second kappa shape index (κ2) is 7.77. The molecular weight excluding hydrogens is 300 g/mol. The lowest BCUT2D eigenvalue weighted by Crippen LogP contribution is -2.27. The van der Waals surface area contributed by atoms with Gasteiger partial charge < -0.3 is 10.6 Å². The largest absolute Gasteiger partial charge is 0.352 e. The van der Waals surface area contributed by atoms with Gasteiger partial charge in [0, 0.05) is 23.4 Å². The summed E-state index contributed by atoms with van der Waals surface area (Å²) in [6.45, 7) is 8.70. The van der Waals surface area contributed by atoms with Gasteiger partial charge in [-0.2, -0.15) is 0 Å². The molecule has 0 bridgehead atoms. The Balaban J connectivity index is 2.04. The molecule has 0 unspecified atom stereocenters. The first-order valence-corrected chi connectivity index (χ1v) is 8.13. The van der Waals surface area contributed by atoms with Crippen LogP contribution in [0, 0.1) is 19.8 Å². The van der Waals surface area contributed by atoms with E-state index in [9.17, 15) is 9.59 Å². The van der Waals surface area contributed by atoms with Crippen molar-refractivity contribution in [3.63, 3.8) is 0 Å². The van der Waals surface area contributed by atoms with Gasteiger partial charge in [-0.15, -0.1) is 0 Å². The number of carbonyl (C=O) groups is 2. The van der Waals surface area contributed by atoms with Crippen LogP contribution in [-0.2, 0) is 0 Å². The second-order valence-electron chi connectivity index (χ2n) is 6.51. The molecule has 0 saturated heterocycles. The molecule has 0 saturated carbocycles. The molecule has 0 heterocycles. The highest BCUT2D eigenvalue weighted by molar-refractivity contribution is 6.05. The summed E-state index contributed by atoms with van der Waals surface area (Å²) in [5.41, 5.74) is 4.05. The number of benzene rings is 2. The summed E-state index contributed by atoms with van der Waals surface area (Å²) in [6.07, 6.45) is 0. The smallest absolute Gasteiger partial charge is 0.255 e. The highest BCUT2D eigenvalue weighted by Crippen LogP contribution is 2.15. The van der Waals surface area contributed by atoms with Crippen LogP contribution in [0.4, 0.5) is 5.69 Å². The van der Waals surface area contributed by atoms with Gasteiger partial charge in [0.05, 0.1) is 0 Å². The second-order valence-corrected chi connectivity index (χ2v) is 6.51. The molecule has 0 aromatic heterocycles. The lowest BCUT2D eigenvalue weighted by Gasteiger charge is -2.09. The number of carbonyl (C=O) groups excluding carboxylic acids is 2. The summed E-state index contributed by atoms with van der Waals surface area (Å²) >= 11 is 0. The van der Waals surface area contributed by atoms with Gasteiger partial charge in [0.1, 0.15) is 0 Å². The molecule has 0 aliphatic rings. The Hall–Kier alpha value is -2.62. The van der Waals surface area contributed by atoms with Crippen LogP contribution in [0.25, 0.3) is 0 Å². The van der Waals surface area contributed by atoms with E-state index < -0.39 is 0 Å². The summed E-state index contributed by atoms with van der Waals surface area (Å²) in [5, 5.41) is 5.75. The molecule has 0 fully saturated rings. The molecule has 4 nitrogen and oxygen atoms in total. The zero-order chi connectivity index (χ0) is 17.7. The number of amides is 2. The summed E-state index contributed by atoms with van der Waals surface area (Å²) in [6, 6.07) is 12.6. The molecule has 24 heavy (non-hydrogen) atoms. The fraction of sp³-hybridized carbons (Fsp3) is 0.300. The minimum atomic E-state index is -0.186. The van der Waals surface area contributed by atoms with Gasteiger partial charge >= 0.3 is 0 Å². The van der Waals surface area contributed by atoms with Gasteiger partial charge in [-0.25, -0.2) is 0 Å². The van der Waals surface area contributed by atoms with E-state index in [4.69, 9.17) is 0 Å². The third kappa shape index (κ3) is 4.95. The fourth-order valence-corrected chi connectivity index (χ4v) is 2.42. The van der Waals surface area contributed by atoms with Crippen molar-refractivity contribution < 1.29 is 9.59 Å². The average Bonchev–Trinajstić information content (AvgIpc) is 2.51. The third-order valence-electron chi connectivity index (χ3n) is 3.56. The molecule has 0 aliphatic carbocycles. The lowest BCUT2D eigenvalue weighted by molar-refractivity contribution is 0.0947. The number of aryl methyl sites for hydroxylation is 2. The molecule has 0 spiro atoms. The number of anilines is 1. The van der Waals surface area contributed by atoms with Crippen LogP contribution in [0.2, 0.25) is 0 Å². The highest BCUT2D eigenvalue weighted by atomic mass is 16.2. The fourth-order valence-electron chi connectivity index (χ4n) is 2.42. The average molecular weight is 324 g/mol. The molecule has 2 aromatic carbocycles. The van der Waals surface area contributed by atoms with E-state index in [0.717, 1.165) is 16.8 Å². The Kier molecular flexibility index (Phi) is 5.74. The Morgan fingerprint density at radius 3 is 1.88 bits per heavy atom. The summed E-state index contributed by atoms with van der Waals surface area (Å²) in [4.78, 5) is 24.3. The molecule has 0 atom stereocenters. The zero-order valence-corrected chi connectivity index (χ0v) is 14.6. The SMILES string of the molecule is Cc1cc(C)cc(NC(=O)c2ccc(C(=O)NCC(C)C)cc2)c1. The zero-order valence-electron chi connectivity index (χ0n) is 14.6. The topological polar surface area (TPSA) is 58.2 Å². The Morgan fingerprint density at radius 2 is 1.38 bits per heavy atom. The van der Waals surface area contributed by atoms with Crippen LogP contribution in [0.15, 0.2) is 42.5 Å². The van der Waals surface area contributed by atoms with Gasteiger partial charge in [-0.3, -0.25) is 9.59 Å². The molecule has 2 aromatic rings. The Morgan fingerprint density at radius 1 is 0.875 bits per heavy atom. The van der Waals surface area contributed by atoms with E-state index in [2.05, 4.69) is 16.7 Å². The molecular formula is C20H24N2O2. The van der Waals surface area contributed by atoms with E-state index >= 15 is 0 Å². The molecule has 2 rings (SSSR count). The first kappa shape index (κ1) is 17.7. The minimum Gasteiger partial charge on any atom is -0.352 e. The van der Waals surface area contributed by atoms with E-state index in [1.165, 1.54) is 0 Å². The van der Waals surface area contributed by atoms with Gasteiger partial charge in [-0.05, 0) is 67.3 Å². The maximum absolute atomic E-state index is 12.3. The predicted octanol–water partition coefficient (Wildman–Crippen LogP) is 3.94. The van der Waals surface area contributed by atoms with Crippen LogP contribution >= 0.6 is 0 Å². The highest BCUT2D eigenvalue weighted by Gasteiger charge is 2.10. The Bertz CT molecular complexity index is 714. The van der Waals surface area contributed by atoms with Gasteiger partial charge in [0.2, 0.25) is 0 Å². The summed E-state index contributed by atoms with van der Waals surface area (Å²) in [7, 11) is 0. The molecule has 126 valence electrons. The van der Waals surface area contributed by atoms with Crippen molar-refractivity contribution in [2.75, 3.05) is 11.9 Å². The van der Waals surface area contributed by atoms with Crippen LogP contribution in [0.3, 0.4) is 0 Å². The molecule has 2 N–H and O–H groups in total.